The van der Waals surface area contributed by atoms with Crippen molar-refractivity contribution < 1.29 is 19.1 Å². The average molecular weight is 342 g/mol. The van der Waals surface area contributed by atoms with Crippen LogP contribution >= 0.6 is 0 Å². The molecule has 25 heavy (non-hydrogen) atoms. The van der Waals surface area contributed by atoms with Crippen LogP contribution in [-0.4, -0.2) is 29.7 Å². The number of rotatable bonds is 6. The lowest BCUT2D eigenvalue weighted by molar-refractivity contribution is -0.121. The zero-order valence-electron chi connectivity index (χ0n) is 14.6. The van der Waals surface area contributed by atoms with Gasteiger partial charge in [-0.15, -0.1) is 0 Å². The molecule has 0 aliphatic heterocycles. The van der Waals surface area contributed by atoms with E-state index in [-0.39, 0.29) is 18.9 Å². The van der Waals surface area contributed by atoms with E-state index in [1.165, 1.54) is 0 Å². The second kappa shape index (κ2) is 6.64. The molecule has 3 rings (SSSR count). The molecule has 0 saturated heterocycles. The molecule has 0 spiro atoms. The quantitative estimate of drug-likeness (QED) is 0.643. The number of benzene rings is 1. The van der Waals surface area contributed by atoms with Crippen LogP contribution in [0.3, 0.4) is 0 Å². The van der Waals surface area contributed by atoms with Gasteiger partial charge < -0.3 is 24.6 Å². The summed E-state index contributed by atoms with van der Waals surface area (Å²) in [6.07, 6.45) is 2.03. The van der Waals surface area contributed by atoms with Gasteiger partial charge in [0.25, 0.3) is 0 Å². The first-order chi connectivity index (χ1) is 11.9. The van der Waals surface area contributed by atoms with Crippen molar-refractivity contribution in [1.82, 2.24) is 10.3 Å². The number of fused-ring (bicyclic) bond motifs is 1. The van der Waals surface area contributed by atoms with E-state index in [1.54, 1.807) is 26.2 Å². The summed E-state index contributed by atoms with van der Waals surface area (Å²) in [5, 5.41) is 14.2. The number of amides is 1. The Morgan fingerprint density at radius 1 is 1.36 bits per heavy atom. The van der Waals surface area contributed by atoms with Crippen molar-refractivity contribution in [3.8, 4) is 5.75 Å². The number of aliphatic hydroxyl groups is 1. The number of furan rings is 1. The fourth-order valence-corrected chi connectivity index (χ4v) is 2.75. The number of nitrogens with one attached hydrogen (secondary N) is 2. The minimum atomic E-state index is -1.26. The Balaban J connectivity index is 1.67. The summed E-state index contributed by atoms with van der Waals surface area (Å²) in [5.74, 6) is 1.72. The van der Waals surface area contributed by atoms with Crippen molar-refractivity contribution in [2.24, 2.45) is 0 Å². The van der Waals surface area contributed by atoms with Gasteiger partial charge in [0.1, 0.15) is 22.9 Å². The van der Waals surface area contributed by atoms with Gasteiger partial charge in [-0.3, -0.25) is 4.79 Å². The molecular formula is C19H22N2O4. The molecule has 0 fully saturated rings. The fourth-order valence-electron chi connectivity index (χ4n) is 2.75. The van der Waals surface area contributed by atoms with Crippen LogP contribution in [0.15, 0.2) is 40.9 Å². The topological polar surface area (TPSA) is 87.5 Å². The molecule has 0 aliphatic rings. The fraction of sp³-hybridized carbons (Fsp3) is 0.316. The van der Waals surface area contributed by atoms with E-state index in [2.05, 4.69) is 10.3 Å². The molecule has 3 aromatic rings. The van der Waals surface area contributed by atoms with E-state index in [1.807, 2.05) is 31.3 Å². The number of carbonyl (C=O) groups is 1. The molecule has 1 amide bonds. The summed E-state index contributed by atoms with van der Waals surface area (Å²) in [5.41, 5.74) is 0.564. The number of hydrogen-bond acceptors (Lipinski definition) is 4. The maximum Gasteiger partial charge on any atom is 0.224 e. The Hall–Kier alpha value is -2.73. The second-order valence-electron chi connectivity index (χ2n) is 6.36. The number of aromatic amines is 1. The highest BCUT2D eigenvalue weighted by molar-refractivity contribution is 5.89. The van der Waals surface area contributed by atoms with Gasteiger partial charge in [-0.2, -0.15) is 0 Å². The summed E-state index contributed by atoms with van der Waals surface area (Å²) in [4.78, 5) is 15.4. The van der Waals surface area contributed by atoms with E-state index in [0.29, 0.717) is 11.5 Å². The van der Waals surface area contributed by atoms with Crippen LogP contribution in [0.1, 0.15) is 24.0 Å². The number of aromatic nitrogens is 1. The molecule has 1 atom stereocenters. The molecule has 0 radical (unpaired) electrons. The Kier molecular flexibility index (Phi) is 4.55. The minimum absolute atomic E-state index is 0.0739. The van der Waals surface area contributed by atoms with Crippen molar-refractivity contribution in [3.63, 3.8) is 0 Å². The lowest BCUT2D eigenvalue weighted by Gasteiger charge is -2.21. The summed E-state index contributed by atoms with van der Waals surface area (Å²) in [7, 11) is 1.61. The molecule has 2 aromatic heterocycles. The normalized spacial score (nSPS) is 13.6. The van der Waals surface area contributed by atoms with Gasteiger partial charge in [0.05, 0.1) is 20.1 Å². The van der Waals surface area contributed by atoms with Gasteiger partial charge in [-0.1, -0.05) is 0 Å². The summed E-state index contributed by atoms with van der Waals surface area (Å²) in [6.45, 7) is 3.50. The van der Waals surface area contributed by atoms with E-state index < -0.39 is 5.60 Å². The molecule has 1 unspecified atom stereocenters. The summed E-state index contributed by atoms with van der Waals surface area (Å²) < 4.78 is 10.7. The van der Waals surface area contributed by atoms with Gasteiger partial charge >= 0.3 is 0 Å². The van der Waals surface area contributed by atoms with Gasteiger partial charge in [0.2, 0.25) is 5.91 Å². The van der Waals surface area contributed by atoms with Crippen LogP contribution in [0, 0.1) is 6.92 Å². The largest absolute Gasteiger partial charge is 0.497 e. The number of hydrogen-bond donors (Lipinski definition) is 3. The highest BCUT2D eigenvalue weighted by Crippen LogP contribution is 2.24. The first kappa shape index (κ1) is 17.1. The Morgan fingerprint density at radius 2 is 2.16 bits per heavy atom. The Morgan fingerprint density at radius 3 is 2.84 bits per heavy atom. The maximum absolute atomic E-state index is 12.3. The van der Waals surface area contributed by atoms with Crippen molar-refractivity contribution in [3.05, 3.63) is 53.6 Å². The van der Waals surface area contributed by atoms with Crippen LogP contribution in [-0.2, 0) is 16.8 Å². The lowest BCUT2D eigenvalue weighted by atomic mass is 10.0. The van der Waals surface area contributed by atoms with Gasteiger partial charge in [0, 0.05) is 17.1 Å². The Bertz CT molecular complexity index is 892. The molecular weight excluding hydrogens is 320 g/mol. The number of aryl methyl sites for hydroxylation is 1. The minimum Gasteiger partial charge on any atom is -0.497 e. The smallest absolute Gasteiger partial charge is 0.224 e. The molecule has 3 N–H and O–H groups in total. The number of methoxy groups -OCH3 is 1. The van der Waals surface area contributed by atoms with Gasteiger partial charge in [-0.05, 0) is 49.7 Å². The highest BCUT2D eigenvalue weighted by Gasteiger charge is 2.27. The zero-order valence-corrected chi connectivity index (χ0v) is 14.6. The van der Waals surface area contributed by atoms with E-state index in [4.69, 9.17) is 9.15 Å². The molecule has 6 nitrogen and oxygen atoms in total. The van der Waals surface area contributed by atoms with Crippen molar-refractivity contribution in [2.45, 2.75) is 25.9 Å². The summed E-state index contributed by atoms with van der Waals surface area (Å²) >= 11 is 0. The van der Waals surface area contributed by atoms with Crippen LogP contribution in [0.2, 0.25) is 0 Å². The number of ether oxygens (including phenoxy) is 1. The van der Waals surface area contributed by atoms with Crippen LogP contribution in [0.25, 0.3) is 10.9 Å². The summed E-state index contributed by atoms with van der Waals surface area (Å²) in [6, 6.07) is 9.18. The second-order valence-corrected chi connectivity index (χ2v) is 6.36. The van der Waals surface area contributed by atoms with Crippen LogP contribution < -0.4 is 10.1 Å². The van der Waals surface area contributed by atoms with E-state index >= 15 is 0 Å². The standard InChI is InChI=1S/C19H22N2O4/c1-12-4-7-17(25-12)19(2,23)11-21-18(22)8-13-10-20-16-6-5-14(24-3)9-15(13)16/h4-7,9-10,20,23H,8,11H2,1-3H3,(H,21,22). The molecule has 1 aromatic carbocycles. The van der Waals surface area contributed by atoms with Gasteiger partial charge in [0.15, 0.2) is 0 Å². The van der Waals surface area contributed by atoms with Gasteiger partial charge in [-0.25, -0.2) is 0 Å². The third kappa shape index (κ3) is 3.69. The van der Waals surface area contributed by atoms with Crippen molar-refractivity contribution in [2.75, 3.05) is 13.7 Å². The van der Waals surface area contributed by atoms with Crippen molar-refractivity contribution in [1.29, 1.82) is 0 Å². The predicted molar refractivity (Wildman–Crippen MR) is 94.6 cm³/mol. The van der Waals surface area contributed by atoms with Crippen molar-refractivity contribution >= 4 is 16.8 Å². The van der Waals surface area contributed by atoms with Crippen LogP contribution in [0.4, 0.5) is 0 Å². The molecule has 0 aliphatic carbocycles. The first-order valence-electron chi connectivity index (χ1n) is 8.09. The molecule has 6 heteroatoms. The third-order valence-electron chi connectivity index (χ3n) is 4.23. The van der Waals surface area contributed by atoms with Crippen LogP contribution in [0.5, 0.6) is 5.75 Å². The Labute approximate surface area is 145 Å². The molecule has 0 saturated carbocycles. The molecule has 2 heterocycles. The SMILES string of the molecule is COc1ccc2[nH]cc(CC(=O)NCC(C)(O)c3ccc(C)o3)c2c1. The molecule has 0 bridgehead atoms. The first-order valence-corrected chi connectivity index (χ1v) is 8.09. The van der Waals surface area contributed by atoms with E-state index in [9.17, 15) is 9.90 Å². The van der Waals surface area contributed by atoms with E-state index in [0.717, 1.165) is 22.2 Å². The third-order valence-corrected chi connectivity index (χ3v) is 4.23. The molecule has 132 valence electrons. The predicted octanol–water partition coefficient (Wildman–Crippen LogP) is 2.64. The average Bonchev–Trinajstić information content (AvgIpc) is 3.20. The number of carbonyl (C=O) groups excluding carboxylic acids is 1. The lowest BCUT2D eigenvalue weighted by Crippen LogP contribution is -2.39. The monoisotopic (exact) mass is 342 g/mol. The highest BCUT2D eigenvalue weighted by atomic mass is 16.5. The zero-order chi connectivity index (χ0) is 18.0. The number of H-pyrrole nitrogens is 1. The maximum atomic E-state index is 12.3.